The van der Waals surface area contributed by atoms with Gasteiger partial charge in [-0.25, -0.2) is 0 Å². The lowest BCUT2D eigenvalue weighted by molar-refractivity contribution is 0.102. The number of allylic oxidation sites excluding steroid dienone is 1. The second-order valence-corrected chi connectivity index (χ2v) is 7.77. The van der Waals surface area contributed by atoms with Crippen LogP contribution in [0.25, 0.3) is 0 Å². The molecule has 1 heterocycles. The van der Waals surface area contributed by atoms with Gasteiger partial charge < -0.3 is 15.0 Å². The van der Waals surface area contributed by atoms with E-state index in [1.54, 1.807) is 0 Å². The van der Waals surface area contributed by atoms with Crippen molar-refractivity contribution in [2.24, 2.45) is 5.92 Å². The molecule has 0 aromatic heterocycles. The van der Waals surface area contributed by atoms with Gasteiger partial charge in [-0.1, -0.05) is 62.4 Å². The van der Waals surface area contributed by atoms with Crippen molar-refractivity contribution in [1.82, 2.24) is 10.2 Å². The van der Waals surface area contributed by atoms with E-state index in [4.69, 9.17) is 17.0 Å². The molecule has 0 amide bonds. The summed E-state index contributed by atoms with van der Waals surface area (Å²) in [6, 6.07) is 16.8. The Hall–Kier alpha value is -2.66. The van der Waals surface area contributed by atoms with E-state index in [1.165, 1.54) is 0 Å². The first-order valence-corrected chi connectivity index (χ1v) is 9.87. The van der Waals surface area contributed by atoms with E-state index in [9.17, 15) is 4.79 Å². The molecule has 0 fully saturated rings. The van der Waals surface area contributed by atoms with Gasteiger partial charge in [-0.15, -0.1) is 0 Å². The number of hydrogen-bond donors (Lipinski definition) is 1. The summed E-state index contributed by atoms with van der Waals surface area (Å²) in [5, 5.41) is 3.93. The third kappa shape index (κ3) is 4.09. The van der Waals surface area contributed by atoms with Crippen LogP contribution in [0.15, 0.2) is 65.9 Å². The van der Waals surface area contributed by atoms with Gasteiger partial charge >= 0.3 is 0 Å². The first-order chi connectivity index (χ1) is 13.4. The Kier molecular flexibility index (Phi) is 6.15. The first kappa shape index (κ1) is 20.1. The minimum Gasteiger partial charge on any atom is -0.493 e. The number of rotatable bonds is 6. The van der Waals surface area contributed by atoms with Gasteiger partial charge in [-0.3, -0.25) is 4.79 Å². The number of carbonyl (C=O) groups excluding carboxylic acids is 1. The van der Waals surface area contributed by atoms with Gasteiger partial charge in [0.1, 0.15) is 5.75 Å². The number of para-hydroxylation sites is 1. The maximum absolute atomic E-state index is 13.4. The van der Waals surface area contributed by atoms with Crippen molar-refractivity contribution < 1.29 is 9.53 Å². The molecule has 1 N–H and O–H groups in total. The molecule has 0 saturated carbocycles. The predicted octanol–water partition coefficient (Wildman–Crippen LogP) is 4.74. The third-order valence-corrected chi connectivity index (χ3v) is 5.23. The van der Waals surface area contributed by atoms with Gasteiger partial charge in [0.15, 0.2) is 10.9 Å². The molecular weight excluding hydrogens is 368 g/mol. The number of benzene rings is 2. The average molecular weight is 395 g/mol. The van der Waals surface area contributed by atoms with Crippen LogP contribution in [-0.4, -0.2) is 29.5 Å². The topological polar surface area (TPSA) is 41.6 Å². The van der Waals surface area contributed by atoms with Crippen LogP contribution >= 0.6 is 12.2 Å². The molecular formula is C23H26N2O2S. The lowest BCUT2D eigenvalue weighted by Crippen LogP contribution is -2.46. The fourth-order valence-corrected chi connectivity index (χ4v) is 3.47. The van der Waals surface area contributed by atoms with E-state index in [0.717, 1.165) is 17.0 Å². The van der Waals surface area contributed by atoms with Crippen molar-refractivity contribution in [3.05, 3.63) is 77.0 Å². The predicted molar refractivity (Wildman–Crippen MR) is 116 cm³/mol. The summed E-state index contributed by atoms with van der Waals surface area (Å²) in [5.74, 6) is 1.16. The second kappa shape index (κ2) is 8.57. The highest BCUT2D eigenvalue weighted by molar-refractivity contribution is 7.80. The molecule has 0 aliphatic carbocycles. The maximum atomic E-state index is 13.4. The standard InChI is InChI=1S/C23H26N2O2S/c1-15(2)14-27-19-13-9-8-12-18(19)21-20(16(3)25(4)23(28)24-21)22(26)17-10-6-5-7-11-17/h5-13,15,21H,14H2,1-4H3,(H,24,28). The summed E-state index contributed by atoms with van der Waals surface area (Å²) in [4.78, 5) is 15.3. The minimum atomic E-state index is -0.361. The van der Waals surface area contributed by atoms with Crippen molar-refractivity contribution in [3.63, 3.8) is 0 Å². The van der Waals surface area contributed by atoms with Crippen LogP contribution in [0.5, 0.6) is 5.75 Å². The van der Waals surface area contributed by atoms with Gasteiger partial charge in [-0.05, 0) is 31.1 Å². The van der Waals surface area contributed by atoms with E-state index in [-0.39, 0.29) is 11.8 Å². The molecule has 1 atom stereocenters. The molecule has 5 heteroatoms. The molecule has 3 rings (SSSR count). The van der Waals surface area contributed by atoms with Crippen molar-refractivity contribution in [1.29, 1.82) is 0 Å². The zero-order chi connectivity index (χ0) is 20.3. The third-order valence-electron chi connectivity index (χ3n) is 4.84. The SMILES string of the molecule is CC1=C(C(=O)c2ccccc2)C(c2ccccc2OCC(C)C)NC(=S)N1C. The lowest BCUT2D eigenvalue weighted by atomic mass is 9.89. The summed E-state index contributed by atoms with van der Waals surface area (Å²) in [5.41, 5.74) is 3.10. The highest BCUT2D eigenvalue weighted by atomic mass is 32.1. The van der Waals surface area contributed by atoms with Crippen LogP contribution < -0.4 is 10.1 Å². The molecule has 2 aromatic carbocycles. The van der Waals surface area contributed by atoms with Crippen LogP contribution in [0.4, 0.5) is 0 Å². The van der Waals surface area contributed by atoms with Gasteiger partial charge in [-0.2, -0.15) is 0 Å². The van der Waals surface area contributed by atoms with Crippen molar-refractivity contribution in [2.45, 2.75) is 26.8 Å². The van der Waals surface area contributed by atoms with E-state index >= 15 is 0 Å². The zero-order valence-corrected chi connectivity index (χ0v) is 17.5. The molecule has 146 valence electrons. The molecule has 2 aromatic rings. The summed E-state index contributed by atoms with van der Waals surface area (Å²) in [7, 11) is 1.88. The lowest BCUT2D eigenvalue weighted by Gasteiger charge is -2.36. The number of Topliss-reactive ketones (excluding diaryl/α,β-unsaturated/α-hetero) is 1. The van der Waals surface area contributed by atoms with Crippen LogP contribution in [-0.2, 0) is 0 Å². The monoisotopic (exact) mass is 394 g/mol. The van der Waals surface area contributed by atoms with E-state index in [2.05, 4.69) is 19.2 Å². The Bertz CT molecular complexity index is 906. The second-order valence-electron chi connectivity index (χ2n) is 7.38. The maximum Gasteiger partial charge on any atom is 0.193 e. The Morgan fingerprint density at radius 2 is 1.79 bits per heavy atom. The van der Waals surface area contributed by atoms with E-state index in [0.29, 0.717) is 28.8 Å². The molecule has 28 heavy (non-hydrogen) atoms. The normalized spacial score (nSPS) is 17.0. The molecule has 0 saturated heterocycles. The average Bonchev–Trinajstić information content (AvgIpc) is 2.70. The molecule has 0 spiro atoms. The zero-order valence-electron chi connectivity index (χ0n) is 16.7. The summed E-state index contributed by atoms with van der Waals surface area (Å²) < 4.78 is 6.05. The number of nitrogens with zero attached hydrogens (tertiary/aromatic N) is 1. The van der Waals surface area contributed by atoms with Crippen LogP contribution in [0.1, 0.15) is 42.7 Å². The quantitative estimate of drug-likeness (QED) is 0.566. The molecule has 0 radical (unpaired) electrons. The number of ketones is 1. The number of ether oxygens (including phenoxy) is 1. The van der Waals surface area contributed by atoms with Crippen molar-refractivity contribution in [2.75, 3.05) is 13.7 Å². The smallest absolute Gasteiger partial charge is 0.193 e. The van der Waals surface area contributed by atoms with Crippen LogP contribution in [0.2, 0.25) is 0 Å². The molecule has 0 bridgehead atoms. The molecule has 4 nitrogen and oxygen atoms in total. The molecule has 1 aliphatic heterocycles. The first-order valence-electron chi connectivity index (χ1n) is 9.46. The Labute approximate surface area is 172 Å². The van der Waals surface area contributed by atoms with E-state index < -0.39 is 0 Å². The fourth-order valence-electron chi connectivity index (χ4n) is 3.21. The number of carbonyl (C=O) groups is 1. The number of hydrogen-bond acceptors (Lipinski definition) is 3. The molecule has 1 aliphatic rings. The van der Waals surface area contributed by atoms with Gasteiger partial charge in [0.2, 0.25) is 0 Å². The minimum absolute atomic E-state index is 0.0105. The van der Waals surface area contributed by atoms with Crippen molar-refractivity contribution >= 4 is 23.1 Å². The van der Waals surface area contributed by atoms with Gasteiger partial charge in [0.25, 0.3) is 0 Å². The Morgan fingerprint density at radius 1 is 1.14 bits per heavy atom. The van der Waals surface area contributed by atoms with Gasteiger partial charge in [0.05, 0.1) is 12.6 Å². The van der Waals surface area contributed by atoms with Gasteiger partial charge in [0, 0.05) is 29.4 Å². The Balaban J connectivity index is 2.08. The number of nitrogens with one attached hydrogen (secondary N) is 1. The summed E-state index contributed by atoms with van der Waals surface area (Å²) in [6.45, 7) is 6.77. The molecule has 1 unspecified atom stereocenters. The number of thiocarbonyl (C=S) groups is 1. The summed E-state index contributed by atoms with van der Waals surface area (Å²) in [6.07, 6.45) is 0. The highest BCUT2D eigenvalue weighted by Crippen LogP contribution is 2.36. The summed E-state index contributed by atoms with van der Waals surface area (Å²) >= 11 is 5.52. The highest BCUT2D eigenvalue weighted by Gasteiger charge is 2.34. The van der Waals surface area contributed by atoms with Crippen LogP contribution in [0.3, 0.4) is 0 Å². The largest absolute Gasteiger partial charge is 0.493 e. The van der Waals surface area contributed by atoms with E-state index in [1.807, 2.05) is 73.5 Å². The Morgan fingerprint density at radius 3 is 2.46 bits per heavy atom. The van der Waals surface area contributed by atoms with Crippen molar-refractivity contribution in [3.8, 4) is 5.75 Å². The fraction of sp³-hybridized carbons (Fsp3) is 0.304. The van der Waals surface area contributed by atoms with Crippen LogP contribution in [0, 0.1) is 5.92 Å².